The van der Waals surface area contributed by atoms with E-state index in [-0.39, 0.29) is 10.0 Å². The van der Waals surface area contributed by atoms with E-state index in [1.54, 1.807) is 0 Å². The van der Waals surface area contributed by atoms with Crippen molar-refractivity contribution in [2.24, 2.45) is 5.92 Å². The summed E-state index contributed by atoms with van der Waals surface area (Å²) in [6, 6.07) is 2.90. The van der Waals surface area contributed by atoms with Crippen LogP contribution in [-0.4, -0.2) is 33.2 Å². The molecule has 1 aliphatic rings. The van der Waals surface area contributed by atoms with Gasteiger partial charge in [-0.3, -0.25) is 0 Å². The molecule has 0 saturated carbocycles. The molecule has 1 aromatic heterocycles. The molecule has 1 aliphatic heterocycles. The molecule has 1 saturated heterocycles. The Hall–Kier alpha value is -0.690. The third-order valence-electron chi connectivity index (χ3n) is 2.88. The zero-order valence-corrected chi connectivity index (χ0v) is 11.4. The summed E-state index contributed by atoms with van der Waals surface area (Å²) in [5.74, 6) is 0.455. The predicted molar refractivity (Wildman–Crippen MR) is 68.0 cm³/mol. The first kappa shape index (κ1) is 13.7. The van der Waals surface area contributed by atoms with E-state index in [2.05, 4.69) is 9.71 Å². The summed E-state index contributed by atoms with van der Waals surface area (Å²) in [6.07, 6.45) is 3.05. The molecule has 18 heavy (non-hydrogen) atoms. The molecule has 0 spiro atoms. The number of rotatable bonds is 5. The molecule has 0 aromatic carbocycles. The van der Waals surface area contributed by atoms with Gasteiger partial charge in [-0.2, -0.15) is 0 Å². The van der Waals surface area contributed by atoms with E-state index in [0.717, 1.165) is 26.1 Å². The Morgan fingerprint density at radius 3 is 2.94 bits per heavy atom. The number of sulfonamides is 1. The third-order valence-corrected chi connectivity index (χ3v) is 4.55. The molecule has 1 N–H and O–H groups in total. The smallest absolute Gasteiger partial charge is 0.242 e. The van der Waals surface area contributed by atoms with Gasteiger partial charge in [-0.25, -0.2) is 18.1 Å². The van der Waals surface area contributed by atoms with Crippen LogP contribution in [0.15, 0.2) is 23.2 Å². The molecule has 2 rings (SSSR count). The summed E-state index contributed by atoms with van der Waals surface area (Å²) in [5, 5.41) is 0.275. The number of ether oxygens (including phenoxy) is 1. The number of hydrogen-bond donors (Lipinski definition) is 1. The summed E-state index contributed by atoms with van der Waals surface area (Å²) in [6.45, 7) is 1.92. The number of nitrogens with one attached hydrogen (secondary N) is 1. The Balaban J connectivity index is 1.88. The van der Waals surface area contributed by atoms with Gasteiger partial charge in [0.05, 0.1) is 0 Å². The van der Waals surface area contributed by atoms with E-state index in [4.69, 9.17) is 16.3 Å². The van der Waals surface area contributed by atoms with Gasteiger partial charge >= 0.3 is 0 Å². The first-order valence-corrected chi connectivity index (χ1v) is 7.63. The first-order valence-electron chi connectivity index (χ1n) is 5.77. The lowest BCUT2D eigenvalue weighted by atomic mass is 10.1. The molecule has 5 nitrogen and oxygen atoms in total. The minimum absolute atomic E-state index is 0.134. The van der Waals surface area contributed by atoms with Gasteiger partial charge in [-0.05, 0) is 30.9 Å². The zero-order chi connectivity index (χ0) is 13.0. The number of halogens is 1. The average Bonchev–Trinajstić information content (AvgIpc) is 2.82. The first-order chi connectivity index (χ1) is 8.58. The monoisotopic (exact) mass is 290 g/mol. The van der Waals surface area contributed by atoms with Crippen LogP contribution in [0.2, 0.25) is 5.15 Å². The fourth-order valence-corrected chi connectivity index (χ4v) is 2.92. The second-order valence-corrected chi connectivity index (χ2v) is 6.39. The Morgan fingerprint density at radius 1 is 1.50 bits per heavy atom. The third kappa shape index (κ3) is 3.65. The van der Waals surface area contributed by atoms with Gasteiger partial charge in [0.2, 0.25) is 10.0 Å². The molecular weight excluding hydrogens is 276 g/mol. The SMILES string of the molecule is O=S(=O)(NCCC1CCOC1)c1ccc(Cl)nc1. The lowest BCUT2D eigenvalue weighted by Gasteiger charge is -2.09. The molecule has 2 heterocycles. The molecule has 7 heteroatoms. The van der Waals surface area contributed by atoms with Crippen molar-refractivity contribution in [3.05, 3.63) is 23.5 Å². The van der Waals surface area contributed by atoms with Crippen molar-refractivity contribution in [1.29, 1.82) is 0 Å². The minimum Gasteiger partial charge on any atom is -0.381 e. The zero-order valence-electron chi connectivity index (χ0n) is 9.80. The highest BCUT2D eigenvalue weighted by atomic mass is 35.5. The molecule has 1 unspecified atom stereocenters. The van der Waals surface area contributed by atoms with Gasteiger partial charge in [0, 0.05) is 26.0 Å². The normalized spacial score (nSPS) is 20.2. The van der Waals surface area contributed by atoms with Crippen LogP contribution in [0.1, 0.15) is 12.8 Å². The van der Waals surface area contributed by atoms with Crippen LogP contribution in [0.25, 0.3) is 0 Å². The van der Waals surface area contributed by atoms with Crippen molar-refractivity contribution < 1.29 is 13.2 Å². The van der Waals surface area contributed by atoms with Crippen LogP contribution in [0.3, 0.4) is 0 Å². The van der Waals surface area contributed by atoms with Crippen molar-refractivity contribution in [2.75, 3.05) is 19.8 Å². The molecule has 0 radical (unpaired) electrons. The van der Waals surface area contributed by atoms with Crippen molar-refractivity contribution in [3.63, 3.8) is 0 Å². The van der Waals surface area contributed by atoms with Crippen LogP contribution < -0.4 is 4.72 Å². The Kier molecular flexibility index (Phi) is 4.55. The topological polar surface area (TPSA) is 68.3 Å². The molecule has 1 atom stereocenters. The molecule has 100 valence electrons. The molecule has 0 bridgehead atoms. The maximum absolute atomic E-state index is 11.9. The predicted octanol–water partition coefficient (Wildman–Crippen LogP) is 1.44. The van der Waals surface area contributed by atoms with E-state index in [1.165, 1.54) is 18.3 Å². The van der Waals surface area contributed by atoms with Crippen LogP contribution >= 0.6 is 11.6 Å². The number of pyridine rings is 1. The molecule has 1 aromatic rings. The Bertz CT molecular complexity index is 484. The van der Waals surface area contributed by atoms with E-state index in [9.17, 15) is 8.42 Å². The van der Waals surface area contributed by atoms with Crippen molar-refractivity contribution >= 4 is 21.6 Å². The van der Waals surface area contributed by atoms with Gasteiger partial charge in [0.15, 0.2) is 0 Å². The molecule has 0 amide bonds. The Morgan fingerprint density at radius 2 is 2.33 bits per heavy atom. The van der Waals surface area contributed by atoms with Crippen molar-refractivity contribution in [3.8, 4) is 0 Å². The minimum atomic E-state index is -3.48. The summed E-state index contributed by atoms with van der Waals surface area (Å²) in [5.41, 5.74) is 0. The second kappa shape index (κ2) is 5.97. The standard InChI is InChI=1S/C11H15ClN2O3S/c12-11-2-1-10(7-13-11)18(15,16)14-5-3-9-4-6-17-8-9/h1-2,7,9,14H,3-6,8H2. The van der Waals surface area contributed by atoms with E-state index < -0.39 is 10.0 Å². The van der Waals surface area contributed by atoms with E-state index in [0.29, 0.717) is 12.5 Å². The molecule has 1 fully saturated rings. The summed E-state index contributed by atoms with van der Waals surface area (Å²) in [7, 11) is -3.48. The molecular formula is C11H15ClN2O3S. The van der Waals surface area contributed by atoms with E-state index >= 15 is 0 Å². The van der Waals surface area contributed by atoms with Gasteiger partial charge < -0.3 is 4.74 Å². The second-order valence-electron chi connectivity index (χ2n) is 4.23. The lowest BCUT2D eigenvalue weighted by molar-refractivity contribution is 0.184. The highest BCUT2D eigenvalue weighted by Crippen LogP contribution is 2.16. The number of aromatic nitrogens is 1. The van der Waals surface area contributed by atoms with Crippen LogP contribution in [0.5, 0.6) is 0 Å². The van der Waals surface area contributed by atoms with E-state index in [1.807, 2.05) is 0 Å². The number of nitrogens with zero attached hydrogens (tertiary/aromatic N) is 1. The quantitative estimate of drug-likeness (QED) is 0.833. The summed E-state index contributed by atoms with van der Waals surface area (Å²) in [4.78, 5) is 3.89. The highest BCUT2D eigenvalue weighted by Gasteiger charge is 2.18. The molecule has 0 aliphatic carbocycles. The van der Waals surface area contributed by atoms with Crippen LogP contribution in [-0.2, 0) is 14.8 Å². The lowest BCUT2D eigenvalue weighted by Crippen LogP contribution is -2.26. The fourth-order valence-electron chi connectivity index (χ4n) is 1.81. The van der Waals surface area contributed by atoms with Gasteiger partial charge in [0.1, 0.15) is 10.0 Å². The largest absolute Gasteiger partial charge is 0.381 e. The fraction of sp³-hybridized carbons (Fsp3) is 0.545. The van der Waals surface area contributed by atoms with Crippen molar-refractivity contribution in [2.45, 2.75) is 17.7 Å². The maximum atomic E-state index is 11.9. The van der Waals surface area contributed by atoms with Gasteiger partial charge in [-0.15, -0.1) is 0 Å². The average molecular weight is 291 g/mol. The Labute approximate surface area is 112 Å². The van der Waals surface area contributed by atoms with Crippen LogP contribution in [0, 0.1) is 5.92 Å². The summed E-state index contributed by atoms with van der Waals surface area (Å²) < 4.78 is 31.6. The number of hydrogen-bond acceptors (Lipinski definition) is 4. The maximum Gasteiger partial charge on any atom is 0.242 e. The summed E-state index contributed by atoms with van der Waals surface area (Å²) >= 11 is 5.61. The van der Waals surface area contributed by atoms with Crippen molar-refractivity contribution in [1.82, 2.24) is 9.71 Å². The highest BCUT2D eigenvalue weighted by molar-refractivity contribution is 7.89. The van der Waals surface area contributed by atoms with Gasteiger partial charge in [-0.1, -0.05) is 11.6 Å². The van der Waals surface area contributed by atoms with Gasteiger partial charge in [0.25, 0.3) is 0 Å². The van der Waals surface area contributed by atoms with Crippen LogP contribution in [0.4, 0.5) is 0 Å².